The Morgan fingerprint density at radius 1 is 1.00 bits per heavy atom. The standard InChI is InChI=1S/C13H22O8S/c1-12(2)16-6-7(18-12)8-9(21-22(5,14)15)10-11(17-8)20-13(3,4)19-10/h7-11H,6H2,1-5H3/t7-,8+,9+,10-,11-/m1/s1. The lowest BCUT2D eigenvalue weighted by molar-refractivity contribution is -0.230. The van der Waals surface area contributed by atoms with Crippen LogP contribution >= 0.6 is 0 Å². The lowest BCUT2D eigenvalue weighted by atomic mass is 10.1. The molecule has 0 aromatic heterocycles. The van der Waals surface area contributed by atoms with E-state index in [0.717, 1.165) is 6.26 Å². The van der Waals surface area contributed by atoms with Crippen LogP contribution < -0.4 is 0 Å². The van der Waals surface area contributed by atoms with Gasteiger partial charge in [0.05, 0.1) is 12.9 Å². The molecule has 3 heterocycles. The Bertz CT molecular complexity index is 542. The third-order valence-corrected chi connectivity index (χ3v) is 4.28. The van der Waals surface area contributed by atoms with E-state index >= 15 is 0 Å². The molecule has 0 spiro atoms. The molecule has 3 fully saturated rings. The molecule has 0 amide bonds. The summed E-state index contributed by atoms with van der Waals surface area (Å²) < 4.78 is 56.8. The van der Waals surface area contributed by atoms with Gasteiger partial charge in [-0.05, 0) is 27.7 Å². The van der Waals surface area contributed by atoms with E-state index in [1.165, 1.54) is 0 Å². The van der Waals surface area contributed by atoms with Gasteiger partial charge in [-0.25, -0.2) is 0 Å². The number of rotatable bonds is 3. The van der Waals surface area contributed by atoms with E-state index in [4.69, 9.17) is 27.9 Å². The van der Waals surface area contributed by atoms with Crippen molar-refractivity contribution >= 4 is 10.1 Å². The fourth-order valence-corrected chi connectivity index (χ4v) is 3.61. The van der Waals surface area contributed by atoms with Gasteiger partial charge in [-0.15, -0.1) is 0 Å². The van der Waals surface area contributed by atoms with Gasteiger partial charge in [-0.3, -0.25) is 4.18 Å². The molecule has 3 aliphatic rings. The first-order chi connectivity index (χ1) is 9.96. The van der Waals surface area contributed by atoms with Crippen LogP contribution in [0.15, 0.2) is 0 Å². The second-order valence-corrected chi connectivity index (χ2v) is 8.30. The quantitative estimate of drug-likeness (QED) is 0.682. The summed E-state index contributed by atoms with van der Waals surface area (Å²) in [4.78, 5) is 0. The molecule has 0 radical (unpaired) electrons. The molecule has 0 N–H and O–H groups in total. The zero-order valence-corrected chi connectivity index (χ0v) is 14.1. The van der Waals surface area contributed by atoms with E-state index < -0.39 is 52.4 Å². The second-order valence-electron chi connectivity index (χ2n) is 6.70. The van der Waals surface area contributed by atoms with E-state index in [1.54, 1.807) is 27.7 Å². The molecule has 9 heteroatoms. The zero-order chi connectivity index (χ0) is 16.3. The number of hydrogen-bond donors (Lipinski definition) is 0. The summed E-state index contributed by atoms with van der Waals surface area (Å²) in [5, 5.41) is 0. The summed E-state index contributed by atoms with van der Waals surface area (Å²) in [6.07, 6.45) is -2.29. The average Bonchev–Trinajstić information content (AvgIpc) is 2.89. The van der Waals surface area contributed by atoms with Crippen molar-refractivity contribution < 1.29 is 36.3 Å². The summed E-state index contributed by atoms with van der Waals surface area (Å²) in [5.41, 5.74) is 0. The molecule has 3 rings (SSSR count). The Balaban J connectivity index is 1.81. The van der Waals surface area contributed by atoms with Gasteiger partial charge in [0.15, 0.2) is 17.9 Å². The number of fused-ring (bicyclic) bond motifs is 1. The minimum absolute atomic E-state index is 0.282. The third-order valence-electron chi connectivity index (χ3n) is 3.71. The van der Waals surface area contributed by atoms with Gasteiger partial charge in [0, 0.05) is 0 Å². The van der Waals surface area contributed by atoms with Crippen LogP contribution in [0, 0.1) is 0 Å². The van der Waals surface area contributed by atoms with Crippen molar-refractivity contribution in [3.63, 3.8) is 0 Å². The van der Waals surface area contributed by atoms with Crippen LogP contribution in [0.25, 0.3) is 0 Å². The highest BCUT2D eigenvalue weighted by Crippen LogP contribution is 2.42. The van der Waals surface area contributed by atoms with Crippen LogP contribution in [-0.4, -0.2) is 63.6 Å². The van der Waals surface area contributed by atoms with Gasteiger partial charge in [0.2, 0.25) is 0 Å². The van der Waals surface area contributed by atoms with Crippen molar-refractivity contribution in [1.82, 2.24) is 0 Å². The molecule has 8 nitrogen and oxygen atoms in total. The van der Waals surface area contributed by atoms with Crippen molar-refractivity contribution in [1.29, 1.82) is 0 Å². The van der Waals surface area contributed by atoms with Crippen molar-refractivity contribution in [2.45, 2.75) is 70.0 Å². The fourth-order valence-electron chi connectivity index (χ4n) is 2.99. The highest BCUT2D eigenvalue weighted by Gasteiger charge is 2.59. The highest BCUT2D eigenvalue weighted by atomic mass is 32.2. The predicted octanol–water partition coefficient (Wildman–Crippen LogP) is 0.359. The van der Waals surface area contributed by atoms with Gasteiger partial charge in [0.25, 0.3) is 10.1 Å². The molecule has 128 valence electrons. The Kier molecular flexibility index (Phi) is 3.84. The minimum Gasteiger partial charge on any atom is -0.348 e. The molecule has 0 saturated carbocycles. The Hall–Kier alpha value is -0.290. The first-order valence-electron chi connectivity index (χ1n) is 7.17. The maximum absolute atomic E-state index is 11.6. The van der Waals surface area contributed by atoms with Gasteiger partial charge in [-0.1, -0.05) is 0 Å². The van der Waals surface area contributed by atoms with Crippen molar-refractivity contribution in [3.8, 4) is 0 Å². The zero-order valence-electron chi connectivity index (χ0n) is 13.3. The molecule has 5 atom stereocenters. The number of hydrogen-bond acceptors (Lipinski definition) is 8. The van der Waals surface area contributed by atoms with Crippen molar-refractivity contribution in [2.24, 2.45) is 0 Å². The van der Waals surface area contributed by atoms with Crippen molar-refractivity contribution in [3.05, 3.63) is 0 Å². The van der Waals surface area contributed by atoms with Crippen molar-refractivity contribution in [2.75, 3.05) is 12.9 Å². The van der Waals surface area contributed by atoms with Crippen LogP contribution in [0.1, 0.15) is 27.7 Å². The smallest absolute Gasteiger partial charge is 0.264 e. The molecule has 0 aromatic rings. The van der Waals surface area contributed by atoms with E-state index in [1.807, 2.05) is 0 Å². The summed E-state index contributed by atoms with van der Waals surface area (Å²) >= 11 is 0. The van der Waals surface area contributed by atoms with E-state index in [9.17, 15) is 8.42 Å². The first-order valence-corrected chi connectivity index (χ1v) is 8.99. The van der Waals surface area contributed by atoms with Crippen LogP contribution in [0.4, 0.5) is 0 Å². The van der Waals surface area contributed by atoms with Gasteiger partial charge in [0.1, 0.15) is 24.4 Å². The minimum atomic E-state index is -3.69. The predicted molar refractivity (Wildman–Crippen MR) is 73.3 cm³/mol. The lowest BCUT2D eigenvalue weighted by Gasteiger charge is -2.28. The second kappa shape index (κ2) is 5.10. The van der Waals surface area contributed by atoms with Crippen LogP contribution in [-0.2, 0) is 38.0 Å². The van der Waals surface area contributed by atoms with Gasteiger partial charge < -0.3 is 23.7 Å². The maximum Gasteiger partial charge on any atom is 0.264 e. The molecule has 0 unspecified atom stereocenters. The molecule has 0 aromatic carbocycles. The Labute approximate surface area is 130 Å². The van der Waals surface area contributed by atoms with Gasteiger partial charge >= 0.3 is 0 Å². The largest absolute Gasteiger partial charge is 0.348 e. The first kappa shape index (κ1) is 16.6. The average molecular weight is 338 g/mol. The normalized spacial score (nSPS) is 43.4. The maximum atomic E-state index is 11.6. The van der Waals surface area contributed by atoms with Gasteiger partial charge in [-0.2, -0.15) is 8.42 Å². The molecule has 22 heavy (non-hydrogen) atoms. The number of ether oxygens (including phenoxy) is 5. The summed E-state index contributed by atoms with van der Waals surface area (Å²) in [6, 6.07) is 0. The summed E-state index contributed by atoms with van der Waals surface area (Å²) in [7, 11) is -3.69. The van der Waals surface area contributed by atoms with E-state index in [0.29, 0.717) is 0 Å². The Morgan fingerprint density at radius 2 is 1.68 bits per heavy atom. The van der Waals surface area contributed by atoms with Crippen LogP contribution in [0.3, 0.4) is 0 Å². The molecule has 3 saturated heterocycles. The summed E-state index contributed by atoms with van der Waals surface area (Å²) in [6.45, 7) is 7.32. The third kappa shape index (κ3) is 3.30. The topological polar surface area (TPSA) is 89.5 Å². The van der Waals surface area contributed by atoms with E-state index in [-0.39, 0.29) is 6.61 Å². The van der Waals surface area contributed by atoms with Crippen LogP contribution in [0.5, 0.6) is 0 Å². The highest BCUT2D eigenvalue weighted by molar-refractivity contribution is 7.86. The molecule has 0 aliphatic carbocycles. The van der Waals surface area contributed by atoms with Crippen LogP contribution in [0.2, 0.25) is 0 Å². The molecule has 3 aliphatic heterocycles. The monoisotopic (exact) mass is 338 g/mol. The van der Waals surface area contributed by atoms with E-state index in [2.05, 4.69) is 0 Å². The Morgan fingerprint density at radius 3 is 2.23 bits per heavy atom. The molecule has 0 bridgehead atoms. The molecular weight excluding hydrogens is 316 g/mol. The fraction of sp³-hybridized carbons (Fsp3) is 1.00. The molecular formula is C13H22O8S. The SMILES string of the molecule is CC1(C)O[C@H]2O[C@@H]([C@H]3COC(C)(C)O3)[C@H](OS(C)(=O)=O)[C@H]2O1. The summed E-state index contributed by atoms with van der Waals surface area (Å²) in [5.74, 6) is -1.60. The lowest BCUT2D eigenvalue weighted by Crippen LogP contribution is -2.45.